The van der Waals surface area contributed by atoms with Crippen molar-refractivity contribution >= 4 is 17.6 Å². The molecule has 6 nitrogen and oxygen atoms in total. The van der Waals surface area contributed by atoms with Gasteiger partial charge in [0.15, 0.2) is 5.69 Å². The van der Waals surface area contributed by atoms with Crippen molar-refractivity contribution in [2.75, 3.05) is 11.9 Å². The van der Waals surface area contributed by atoms with Crippen molar-refractivity contribution in [3.05, 3.63) is 11.8 Å². The van der Waals surface area contributed by atoms with Gasteiger partial charge in [0, 0.05) is 25.6 Å². The summed E-state index contributed by atoms with van der Waals surface area (Å²) in [6.45, 7) is 4.68. The number of carbonyl (C=O) groups is 2. The number of hydrogen-bond donors (Lipinski definition) is 2. The number of nitrogens with zero attached hydrogens (tertiary/aromatic N) is 2. The lowest BCUT2D eigenvalue weighted by Crippen LogP contribution is -2.27. The quantitative estimate of drug-likeness (QED) is 0.870. The van der Waals surface area contributed by atoms with Crippen molar-refractivity contribution in [1.29, 1.82) is 0 Å². The summed E-state index contributed by atoms with van der Waals surface area (Å²) in [6, 6.07) is 1.63. The van der Waals surface area contributed by atoms with E-state index < -0.39 is 0 Å². The Labute approximate surface area is 125 Å². The first-order valence-corrected chi connectivity index (χ1v) is 7.60. The van der Waals surface area contributed by atoms with Crippen LogP contribution in [0.4, 0.5) is 5.82 Å². The lowest BCUT2D eigenvalue weighted by molar-refractivity contribution is -0.119. The summed E-state index contributed by atoms with van der Waals surface area (Å²) in [6.07, 6.45) is 4.13. The number of rotatable bonds is 5. The van der Waals surface area contributed by atoms with Gasteiger partial charge in [-0.2, -0.15) is 5.10 Å². The molecule has 1 heterocycles. The number of anilines is 1. The molecular weight excluding hydrogens is 268 g/mol. The summed E-state index contributed by atoms with van der Waals surface area (Å²) >= 11 is 0. The van der Waals surface area contributed by atoms with Gasteiger partial charge in [0.25, 0.3) is 5.91 Å². The Balaban J connectivity index is 1.98. The maximum atomic E-state index is 12.1. The molecule has 6 heteroatoms. The minimum atomic E-state index is -0.208. The van der Waals surface area contributed by atoms with E-state index >= 15 is 0 Å². The molecule has 2 N–H and O–H groups in total. The molecule has 0 spiro atoms. The zero-order valence-corrected chi connectivity index (χ0v) is 13.0. The van der Waals surface area contributed by atoms with E-state index in [0.717, 1.165) is 25.7 Å². The largest absolute Gasteiger partial charge is 0.350 e. The van der Waals surface area contributed by atoms with Gasteiger partial charge < -0.3 is 10.6 Å². The molecule has 2 amide bonds. The van der Waals surface area contributed by atoms with Crippen LogP contribution in [0.5, 0.6) is 0 Å². The Kier molecular flexibility index (Phi) is 4.98. The van der Waals surface area contributed by atoms with Crippen LogP contribution in [0.15, 0.2) is 6.07 Å². The average Bonchev–Trinajstić information content (AvgIpc) is 3.06. The van der Waals surface area contributed by atoms with E-state index in [1.54, 1.807) is 13.1 Å². The van der Waals surface area contributed by atoms with Gasteiger partial charge in [0.2, 0.25) is 5.91 Å². The fourth-order valence-corrected chi connectivity index (χ4v) is 2.50. The number of hydrogen-bond acceptors (Lipinski definition) is 3. The molecule has 0 aromatic carbocycles. The van der Waals surface area contributed by atoms with Crippen LogP contribution >= 0.6 is 0 Å². The highest BCUT2D eigenvalue weighted by atomic mass is 16.2. The van der Waals surface area contributed by atoms with E-state index in [9.17, 15) is 9.59 Å². The minimum absolute atomic E-state index is 0.0321. The fourth-order valence-electron chi connectivity index (χ4n) is 2.50. The molecule has 1 aliphatic rings. The van der Waals surface area contributed by atoms with Crippen LogP contribution in [-0.4, -0.2) is 28.1 Å². The topological polar surface area (TPSA) is 76.0 Å². The molecule has 0 atom stereocenters. The zero-order chi connectivity index (χ0) is 15.4. The van der Waals surface area contributed by atoms with Gasteiger partial charge in [-0.25, -0.2) is 0 Å². The summed E-state index contributed by atoms with van der Waals surface area (Å²) < 4.78 is 1.54. The van der Waals surface area contributed by atoms with Crippen LogP contribution in [0.3, 0.4) is 0 Å². The van der Waals surface area contributed by atoms with Crippen molar-refractivity contribution in [2.24, 2.45) is 18.9 Å². The van der Waals surface area contributed by atoms with Crippen LogP contribution in [0.1, 0.15) is 50.0 Å². The molecule has 0 radical (unpaired) electrons. The third kappa shape index (κ3) is 4.06. The Morgan fingerprint density at radius 1 is 1.38 bits per heavy atom. The molecule has 1 fully saturated rings. The summed E-state index contributed by atoms with van der Waals surface area (Å²) in [7, 11) is 1.73. The summed E-state index contributed by atoms with van der Waals surface area (Å²) in [5.74, 6) is 0.879. The second-order valence-corrected chi connectivity index (χ2v) is 6.11. The first-order chi connectivity index (χ1) is 9.97. The van der Waals surface area contributed by atoms with Crippen LogP contribution in [0.2, 0.25) is 0 Å². The molecule has 0 aliphatic heterocycles. The molecule has 1 aromatic rings. The number of nitrogens with one attached hydrogen (secondary N) is 2. The van der Waals surface area contributed by atoms with Gasteiger partial charge in [-0.05, 0) is 18.8 Å². The number of carbonyl (C=O) groups excluding carboxylic acids is 2. The second kappa shape index (κ2) is 6.74. The van der Waals surface area contributed by atoms with Gasteiger partial charge in [-0.15, -0.1) is 0 Å². The molecule has 2 rings (SSSR count). The molecular formula is C15H24N4O2. The highest BCUT2D eigenvalue weighted by Gasteiger charge is 2.24. The van der Waals surface area contributed by atoms with Crippen LogP contribution in [-0.2, 0) is 11.8 Å². The molecule has 0 unspecified atom stereocenters. The lowest BCUT2D eigenvalue weighted by Gasteiger charge is -2.09. The van der Waals surface area contributed by atoms with Crippen LogP contribution in [0, 0.1) is 11.8 Å². The highest BCUT2D eigenvalue weighted by Crippen LogP contribution is 2.26. The molecule has 1 aliphatic carbocycles. The van der Waals surface area contributed by atoms with E-state index in [2.05, 4.69) is 15.7 Å². The zero-order valence-electron chi connectivity index (χ0n) is 13.0. The number of aromatic nitrogens is 2. The van der Waals surface area contributed by atoms with Crippen molar-refractivity contribution in [3.63, 3.8) is 0 Å². The Bertz CT molecular complexity index is 516. The highest BCUT2D eigenvalue weighted by molar-refractivity contribution is 5.96. The van der Waals surface area contributed by atoms with E-state index in [0.29, 0.717) is 24.0 Å². The van der Waals surface area contributed by atoms with Gasteiger partial charge in [0.1, 0.15) is 5.82 Å². The van der Waals surface area contributed by atoms with Gasteiger partial charge in [0.05, 0.1) is 0 Å². The smallest absolute Gasteiger partial charge is 0.271 e. The normalized spacial score (nSPS) is 15.4. The van der Waals surface area contributed by atoms with E-state index in [1.807, 2.05) is 13.8 Å². The molecule has 0 saturated heterocycles. The lowest BCUT2D eigenvalue weighted by atomic mass is 10.1. The standard InChI is InChI=1S/C15H24N4O2/c1-10(2)9-16-15(21)12-8-13(19(3)18-12)17-14(20)11-6-4-5-7-11/h8,10-11H,4-7,9H2,1-3H3,(H,16,21)(H,17,20). The molecule has 0 bridgehead atoms. The number of amides is 2. The average molecular weight is 292 g/mol. The summed E-state index contributed by atoms with van der Waals surface area (Å²) in [5, 5.41) is 9.85. The predicted octanol–water partition coefficient (Wildman–Crippen LogP) is 1.93. The third-order valence-electron chi connectivity index (χ3n) is 3.76. The molecule has 21 heavy (non-hydrogen) atoms. The van der Waals surface area contributed by atoms with Crippen LogP contribution < -0.4 is 10.6 Å². The minimum Gasteiger partial charge on any atom is -0.350 e. The van der Waals surface area contributed by atoms with Crippen molar-refractivity contribution in [1.82, 2.24) is 15.1 Å². The van der Waals surface area contributed by atoms with Crippen LogP contribution in [0.25, 0.3) is 0 Å². The Morgan fingerprint density at radius 3 is 2.67 bits per heavy atom. The summed E-state index contributed by atoms with van der Waals surface area (Å²) in [4.78, 5) is 24.1. The molecule has 1 aromatic heterocycles. The van der Waals surface area contributed by atoms with E-state index in [4.69, 9.17) is 0 Å². The maximum Gasteiger partial charge on any atom is 0.271 e. The SMILES string of the molecule is CC(C)CNC(=O)c1cc(NC(=O)C2CCCC2)n(C)n1. The monoisotopic (exact) mass is 292 g/mol. The van der Waals surface area contributed by atoms with Crippen molar-refractivity contribution < 1.29 is 9.59 Å². The maximum absolute atomic E-state index is 12.1. The van der Waals surface area contributed by atoms with Gasteiger partial charge in [-0.3, -0.25) is 14.3 Å². The second-order valence-electron chi connectivity index (χ2n) is 6.11. The third-order valence-corrected chi connectivity index (χ3v) is 3.76. The fraction of sp³-hybridized carbons (Fsp3) is 0.667. The first-order valence-electron chi connectivity index (χ1n) is 7.60. The van der Waals surface area contributed by atoms with Crippen molar-refractivity contribution in [2.45, 2.75) is 39.5 Å². The van der Waals surface area contributed by atoms with Gasteiger partial charge in [-0.1, -0.05) is 26.7 Å². The number of aryl methyl sites for hydroxylation is 1. The molecule has 116 valence electrons. The first kappa shape index (κ1) is 15.5. The van der Waals surface area contributed by atoms with Crippen molar-refractivity contribution in [3.8, 4) is 0 Å². The summed E-state index contributed by atoms with van der Waals surface area (Å²) in [5.41, 5.74) is 0.333. The van der Waals surface area contributed by atoms with Gasteiger partial charge >= 0.3 is 0 Å². The molecule has 1 saturated carbocycles. The van der Waals surface area contributed by atoms with E-state index in [-0.39, 0.29) is 17.7 Å². The Morgan fingerprint density at radius 2 is 2.05 bits per heavy atom. The Hall–Kier alpha value is -1.85. The predicted molar refractivity (Wildman–Crippen MR) is 81.0 cm³/mol. The van der Waals surface area contributed by atoms with E-state index in [1.165, 1.54) is 4.68 Å².